The van der Waals surface area contributed by atoms with Crippen molar-refractivity contribution in [3.63, 3.8) is 0 Å². The van der Waals surface area contributed by atoms with Crippen LogP contribution in [0.4, 0.5) is 0 Å². The predicted octanol–water partition coefficient (Wildman–Crippen LogP) is 4.90. The second-order valence-electron chi connectivity index (χ2n) is 7.41. The summed E-state index contributed by atoms with van der Waals surface area (Å²) in [6.45, 7) is 2.98. The number of thiocarbonyl (C=S) groups is 1. The van der Waals surface area contributed by atoms with E-state index in [-0.39, 0.29) is 12.1 Å². The topological polar surface area (TPSA) is 67.6 Å². The van der Waals surface area contributed by atoms with E-state index in [0.29, 0.717) is 22.0 Å². The van der Waals surface area contributed by atoms with Crippen molar-refractivity contribution in [2.75, 3.05) is 13.7 Å². The van der Waals surface area contributed by atoms with Gasteiger partial charge in [-0.3, -0.25) is 4.98 Å². The van der Waals surface area contributed by atoms with E-state index in [0.717, 1.165) is 30.8 Å². The smallest absolute Gasteiger partial charge is 0.338 e. The normalized spacial score (nSPS) is 18.1. The first kappa shape index (κ1) is 21.1. The van der Waals surface area contributed by atoms with Gasteiger partial charge >= 0.3 is 5.97 Å². The van der Waals surface area contributed by atoms with Crippen molar-refractivity contribution in [2.24, 2.45) is 0 Å². The van der Waals surface area contributed by atoms with Crippen LogP contribution < -0.4 is 5.32 Å². The van der Waals surface area contributed by atoms with Crippen molar-refractivity contribution in [3.05, 3.63) is 77.8 Å². The van der Waals surface area contributed by atoms with E-state index in [1.807, 2.05) is 48.5 Å². The van der Waals surface area contributed by atoms with Crippen molar-refractivity contribution in [1.82, 2.24) is 15.2 Å². The molecule has 1 aromatic carbocycles. The van der Waals surface area contributed by atoms with Gasteiger partial charge in [0.2, 0.25) is 0 Å². The molecule has 1 fully saturated rings. The lowest BCUT2D eigenvalue weighted by molar-refractivity contribution is 0.0601. The summed E-state index contributed by atoms with van der Waals surface area (Å²) in [6, 6.07) is 16.7. The van der Waals surface area contributed by atoms with E-state index in [1.54, 1.807) is 12.3 Å². The van der Waals surface area contributed by atoms with Gasteiger partial charge in [0.15, 0.2) is 5.11 Å². The highest BCUT2D eigenvalue weighted by Crippen LogP contribution is 2.40. The second kappa shape index (κ2) is 9.31. The van der Waals surface area contributed by atoms with Crippen molar-refractivity contribution < 1.29 is 13.9 Å². The van der Waals surface area contributed by atoms with E-state index in [1.165, 1.54) is 7.11 Å². The average molecular weight is 436 g/mol. The summed E-state index contributed by atoms with van der Waals surface area (Å²) < 4.78 is 11.3. The maximum atomic E-state index is 12.2. The van der Waals surface area contributed by atoms with E-state index >= 15 is 0 Å². The molecule has 3 aromatic rings. The van der Waals surface area contributed by atoms with Crippen molar-refractivity contribution in [2.45, 2.75) is 31.8 Å². The molecule has 0 bridgehead atoms. The lowest BCUT2D eigenvalue weighted by Gasteiger charge is -2.25. The van der Waals surface area contributed by atoms with Crippen LogP contribution in [0.15, 0.2) is 65.2 Å². The summed E-state index contributed by atoms with van der Waals surface area (Å²) in [6.07, 6.45) is 3.87. The number of rotatable bonds is 7. The maximum Gasteiger partial charge on any atom is 0.338 e. The molecular formula is C24H25N3O3S. The molecule has 0 aliphatic carbocycles. The fraction of sp³-hybridized carbons (Fsp3) is 0.292. The molecular weight excluding hydrogens is 410 g/mol. The van der Waals surface area contributed by atoms with Gasteiger partial charge in [-0.1, -0.05) is 37.6 Å². The van der Waals surface area contributed by atoms with Crippen LogP contribution in [0.25, 0.3) is 11.3 Å². The van der Waals surface area contributed by atoms with E-state index in [9.17, 15) is 4.79 Å². The fourth-order valence-electron chi connectivity index (χ4n) is 3.93. The number of methoxy groups -OCH3 is 1. The molecule has 0 saturated carbocycles. The van der Waals surface area contributed by atoms with Crippen LogP contribution >= 0.6 is 12.2 Å². The van der Waals surface area contributed by atoms with Gasteiger partial charge < -0.3 is 19.4 Å². The monoisotopic (exact) mass is 435 g/mol. The molecule has 1 aliphatic heterocycles. The van der Waals surface area contributed by atoms with Crippen LogP contribution in [-0.4, -0.2) is 34.6 Å². The number of carbonyl (C=O) groups is 1. The summed E-state index contributed by atoms with van der Waals surface area (Å²) in [4.78, 5) is 18.9. The highest BCUT2D eigenvalue weighted by Gasteiger charge is 2.41. The molecule has 2 aromatic heterocycles. The molecule has 6 nitrogen and oxygen atoms in total. The molecule has 0 radical (unpaired) electrons. The van der Waals surface area contributed by atoms with Crippen LogP contribution in [-0.2, 0) is 4.74 Å². The Kier molecular flexibility index (Phi) is 6.32. The average Bonchev–Trinajstić information content (AvgIpc) is 3.42. The van der Waals surface area contributed by atoms with Gasteiger partial charge in [0.1, 0.15) is 17.6 Å². The Morgan fingerprint density at radius 3 is 2.74 bits per heavy atom. The van der Waals surface area contributed by atoms with Crippen LogP contribution in [0.5, 0.6) is 0 Å². The molecule has 1 N–H and O–H groups in total. The number of esters is 1. The van der Waals surface area contributed by atoms with Gasteiger partial charge in [0.25, 0.3) is 0 Å². The number of benzene rings is 1. The standard InChI is InChI=1S/C24H25N3O3S/c1-3-4-15-27-22(21(26-24(27)31)18-11-7-8-14-25-18)20-13-12-19(30-20)16-9-5-6-10-17(16)23(28)29-2/h5-14,21-22H,3-4,15H2,1-2H3,(H,26,31)/t21-,22+/m1/s1. The molecule has 1 aliphatic rings. The van der Waals surface area contributed by atoms with E-state index in [2.05, 4.69) is 22.1 Å². The SMILES string of the molecule is CCCCN1C(=S)N[C@H](c2ccccn2)[C@@H]1c1ccc(-c2ccccc2C(=O)OC)o1. The number of ether oxygens (including phenoxy) is 1. The Morgan fingerprint density at radius 2 is 2.00 bits per heavy atom. The summed E-state index contributed by atoms with van der Waals surface area (Å²) >= 11 is 5.66. The molecule has 3 heterocycles. The number of unbranched alkanes of at least 4 members (excludes halogenated alkanes) is 1. The van der Waals surface area contributed by atoms with Crippen LogP contribution in [0.3, 0.4) is 0 Å². The minimum atomic E-state index is -0.395. The molecule has 4 rings (SSSR count). The Balaban J connectivity index is 1.73. The fourth-order valence-corrected chi connectivity index (χ4v) is 4.26. The largest absolute Gasteiger partial charge is 0.465 e. The summed E-state index contributed by atoms with van der Waals surface area (Å²) in [7, 11) is 1.38. The molecule has 0 unspecified atom stereocenters. The third-order valence-corrected chi connectivity index (χ3v) is 5.82. The lowest BCUT2D eigenvalue weighted by atomic mass is 10.0. The molecule has 160 valence electrons. The quantitative estimate of drug-likeness (QED) is 0.418. The third-order valence-electron chi connectivity index (χ3n) is 5.47. The molecule has 1 saturated heterocycles. The summed E-state index contributed by atoms with van der Waals surface area (Å²) in [5.74, 6) is 0.992. The Hall–Kier alpha value is -3.19. The van der Waals surface area contributed by atoms with Gasteiger partial charge in [-0.25, -0.2) is 4.79 Å². The summed E-state index contributed by atoms with van der Waals surface area (Å²) in [5, 5.41) is 4.12. The number of nitrogens with one attached hydrogen (secondary N) is 1. The molecule has 31 heavy (non-hydrogen) atoms. The Morgan fingerprint density at radius 1 is 1.19 bits per heavy atom. The number of aromatic nitrogens is 1. The maximum absolute atomic E-state index is 12.2. The zero-order valence-electron chi connectivity index (χ0n) is 17.6. The van der Waals surface area contributed by atoms with Crippen LogP contribution in [0.2, 0.25) is 0 Å². The highest BCUT2D eigenvalue weighted by molar-refractivity contribution is 7.80. The number of pyridine rings is 1. The minimum absolute atomic E-state index is 0.125. The van der Waals surface area contributed by atoms with E-state index < -0.39 is 5.97 Å². The molecule has 7 heteroatoms. The first-order valence-electron chi connectivity index (χ1n) is 10.4. The van der Waals surface area contributed by atoms with E-state index in [4.69, 9.17) is 21.4 Å². The Labute approximate surface area is 187 Å². The Bertz CT molecular complexity index is 1070. The number of furan rings is 1. The zero-order chi connectivity index (χ0) is 21.8. The van der Waals surface area contributed by atoms with Crippen molar-refractivity contribution >= 4 is 23.3 Å². The summed E-state index contributed by atoms with van der Waals surface area (Å²) in [5.41, 5.74) is 2.07. The van der Waals surface area contributed by atoms with Crippen LogP contribution in [0.1, 0.15) is 53.7 Å². The van der Waals surface area contributed by atoms with Gasteiger partial charge in [0.05, 0.1) is 24.4 Å². The number of nitrogens with zero attached hydrogens (tertiary/aromatic N) is 2. The molecule has 0 amide bonds. The highest BCUT2D eigenvalue weighted by atomic mass is 32.1. The van der Waals surface area contributed by atoms with Gasteiger partial charge in [-0.15, -0.1) is 0 Å². The number of hydrogen-bond donors (Lipinski definition) is 1. The van der Waals surface area contributed by atoms with Gasteiger partial charge in [-0.2, -0.15) is 0 Å². The number of hydrogen-bond acceptors (Lipinski definition) is 5. The first-order valence-corrected chi connectivity index (χ1v) is 10.8. The molecule has 2 atom stereocenters. The van der Waals surface area contributed by atoms with Gasteiger partial charge in [-0.05, 0) is 49.0 Å². The molecule has 0 spiro atoms. The minimum Gasteiger partial charge on any atom is -0.465 e. The van der Waals surface area contributed by atoms with Crippen molar-refractivity contribution in [3.8, 4) is 11.3 Å². The number of carbonyl (C=O) groups excluding carboxylic acids is 1. The predicted molar refractivity (Wildman–Crippen MR) is 123 cm³/mol. The lowest BCUT2D eigenvalue weighted by Crippen LogP contribution is -2.30. The van der Waals surface area contributed by atoms with Crippen molar-refractivity contribution in [1.29, 1.82) is 0 Å². The third kappa shape index (κ3) is 4.18. The first-order chi connectivity index (χ1) is 15.1. The second-order valence-corrected chi connectivity index (χ2v) is 7.80. The zero-order valence-corrected chi connectivity index (χ0v) is 18.4. The van der Waals surface area contributed by atoms with Crippen LogP contribution in [0, 0.1) is 0 Å². The van der Waals surface area contributed by atoms with Gasteiger partial charge in [0, 0.05) is 18.3 Å².